The zero-order chi connectivity index (χ0) is 10.1. The van der Waals surface area contributed by atoms with Gasteiger partial charge in [0, 0.05) is 8.59 Å². The van der Waals surface area contributed by atoms with Crippen LogP contribution in [-0.2, 0) is 0 Å². The van der Waals surface area contributed by atoms with E-state index in [4.69, 9.17) is 21.8 Å². The third-order valence-corrected chi connectivity index (χ3v) is 2.78. The fourth-order valence-electron chi connectivity index (χ4n) is 1.00. The van der Waals surface area contributed by atoms with E-state index in [1.165, 1.54) is 0 Å². The molecule has 0 atom stereocenters. The Bertz CT molecular complexity index is 471. The van der Waals surface area contributed by atoms with Gasteiger partial charge in [0.05, 0.1) is 5.56 Å². The zero-order valence-corrected chi connectivity index (χ0v) is 9.78. The zero-order valence-electron chi connectivity index (χ0n) is 6.87. The molecule has 0 aliphatic rings. The van der Waals surface area contributed by atoms with Crippen LogP contribution in [0.15, 0.2) is 22.6 Å². The maximum atomic E-state index is 5.85. The van der Waals surface area contributed by atoms with Gasteiger partial charge in [-0.2, -0.15) is 0 Å². The van der Waals surface area contributed by atoms with Crippen LogP contribution in [0.1, 0.15) is 0 Å². The number of hydrogen-bond acceptors (Lipinski definition) is 4. The summed E-state index contributed by atoms with van der Waals surface area (Å²) < 4.78 is 6.08. The van der Waals surface area contributed by atoms with Crippen LogP contribution in [0.25, 0.3) is 11.5 Å². The first kappa shape index (κ1) is 9.72. The lowest BCUT2D eigenvalue weighted by molar-refractivity contribution is 0.590. The summed E-state index contributed by atoms with van der Waals surface area (Å²) in [5.74, 6) is 0.384. The van der Waals surface area contributed by atoms with Crippen molar-refractivity contribution in [1.82, 2.24) is 10.2 Å². The summed E-state index contributed by atoms with van der Waals surface area (Å²) in [4.78, 5) is 0. The maximum absolute atomic E-state index is 5.85. The highest BCUT2D eigenvalue weighted by atomic mass is 127. The SMILES string of the molecule is Nc1nnc(-c2cc(Cl)ccc2I)o1. The van der Waals surface area contributed by atoms with Gasteiger partial charge in [0.25, 0.3) is 5.89 Å². The number of anilines is 1. The van der Waals surface area contributed by atoms with Gasteiger partial charge < -0.3 is 10.2 Å². The molecule has 2 rings (SSSR count). The highest BCUT2D eigenvalue weighted by molar-refractivity contribution is 14.1. The van der Waals surface area contributed by atoms with Crippen LogP contribution < -0.4 is 5.73 Å². The van der Waals surface area contributed by atoms with Gasteiger partial charge in [-0.05, 0) is 40.8 Å². The van der Waals surface area contributed by atoms with Crippen molar-refractivity contribution in [2.45, 2.75) is 0 Å². The molecule has 2 N–H and O–H groups in total. The quantitative estimate of drug-likeness (QED) is 0.820. The molecule has 0 aliphatic heterocycles. The standard InChI is InChI=1S/C8H5ClIN3O/c9-4-1-2-6(10)5(3-4)7-12-13-8(11)14-7/h1-3H,(H2,11,13). The second kappa shape index (κ2) is 3.74. The fourth-order valence-corrected chi connectivity index (χ4v) is 1.74. The van der Waals surface area contributed by atoms with Crippen molar-refractivity contribution >= 4 is 40.2 Å². The Balaban J connectivity index is 2.55. The van der Waals surface area contributed by atoms with Gasteiger partial charge in [-0.1, -0.05) is 16.7 Å². The van der Waals surface area contributed by atoms with Crippen LogP contribution in [-0.4, -0.2) is 10.2 Å². The van der Waals surface area contributed by atoms with Crippen LogP contribution in [0, 0.1) is 3.57 Å². The molecule has 6 heteroatoms. The van der Waals surface area contributed by atoms with Crippen molar-refractivity contribution < 1.29 is 4.42 Å². The number of nitrogens with two attached hydrogens (primary N) is 1. The Morgan fingerprint density at radius 2 is 2.14 bits per heavy atom. The van der Waals surface area contributed by atoms with E-state index in [0.717, 1.165) is 9.13 Å². The number of aromatic nitrogens is 2. The first-order valence-corrected chi connectivity index (χ1v) is 5.17. The lowest BCUT2D eigenvalue weighted by Gasteiger charge is -1.98. The van der Waals surface area contributed by atoms with Gasteiger partial charge in [-0.15, -0.1) is 5.10 Å². The van der Waals surface area contributed by atoms with Crippen molar-refractivity contribution in [1.29, 1.82) is 0 Å². The van der Waals surface area contributed by atoms with Gasteiger partial charge in [0.1, 0.15) is 0 Å². The average Bonchev–Trinajstić information content (AvgIpc) is 2.56. The molecule has 0 fully saturated rings. The predicted octanol–water partition coefficient (Wildman–Crippen LogP) is 2.58. The molecule has 2 aromatic rings. The summed E-state index contributed by atoms with van der Waals surface area (Å²) in [7, 11) is 0. The summed E-state index contributed by atoms with van der Waals surface area (Å²) >= 11 is 8.01. The Labute approximate surface area is 98.6 Å². The number of nitrogens with zero attached hydrogens (tertiary/aromatic N) is 2. The van der Waals surface area contributed by atoms with Gasteiger partial charge in [0.15, 0.2) is 0 Å². The predicted molar refractivity (Wildman–Crippen MR) is 61.9 cm³/mol. The highest BCUT2D eigenvalue weighted by Gasteiger charge is 2.10. The molecule has 4 nitrogen and oxygen atoms in total. The monoisotopic (exact) mass is 321 g/mol. The molecule has 0 radical (unpaired) electrons. The Kier molecular flexibility index (Phi) is 2.60. The molecule has 0 saturated heterocycles. The second-order valence-electron chi connectivity index (χ2n) is 2.57. The van der Waals surface area contributed by atoms with Crippen molar-refractivity contribution in [3.63, 3.8) is 0 Å². The maximum Gasteiger partial charge on any atom is 0.313 e. The van der Waals surface area contributed by atoms with Gasteiger partial charge in [0.2, 0.25) is 0 Å². The molecule has 0 unspecified atom stereocenters. The number of hydrogen-bond donors (Lipinski definition) is 1. The highest BCUT2D eigenvalue weighted by Crippen LogP contribution is 2.27. The van der Waals surface area contributed by atoms with Crippen LogP contribution in [0.2, 0.25) is 5.02 Å². The lowest BCUT2D eigenvalue weighted by atomic mass is 10.2. The number of benzene rings is 1. The van der Waals surface area contributed by atoms with Gasteiger partial charge in [-0.3, -0.25) is 0 Å². The summed E-state index contributed by atoms with van der Waals surface area (Å²) in [5, 5.41) is 7.98. The molecule has 0 bridgehead atoms. The van der Waals surface area contributed by atoms with E-state index in [1.807, 2.05) is 6.07 Å². The Morgan fingerprint density at radius 1 is 1.36 bits per heavy atom. The van der Waals surface area contributed by atoms with Gasteiger partial charge in [-0.25, -0.2) is 0 Å². The first-order valence-electron chi connectivity index (χ1n) is 3.71. The lowest BCUT2D eigenvalue weighted by Crippen LogP contribution is -1.82. The van der Waals surface area contributed by atoms with Crippen molar-refractivity contribution in [3.8, 4) is 11.5 Å². The van der Waals surface area contributed by atoms with E-state index >= 15 is 0 Å². The van der Waals surface area contributed by atoms with Crippen LogP contribution in [0.4, 0.5) is 6.01 Å². The summed E-state index contributed by atoms with van der Waals surface area (Å²) in [5.41, 5.74) is 6.12. The van der Waals surface area contributed by atoms with Crippen LogP contribution in [0.5, 0.6) is 0 Å². The first-order chi connectivity index (χ1) is 6.66. The van der Waals surface area contributed by atoms with E-state index < -0.39 is 0 Å². The second-order valence-corrected chi connectivity index (χ2v) is 4.17. The molecule has 0 aliphatic carbocycles. The van der Waals surface area contributed by atoms with Crippen molar-refractivity contribution in [2.24, 2.45) is 0 Å². The molecule has 1 aromatic carbocycles. The Morgan fingerprint density at radius 3 is 2.79 bits per heavy atom. The molecule has 0 spiro atoms. The molecular formula is C8H5ClIN3O. The largest absolute Gasteiger partial charge is 0.404 e. The van der Waals surface area contributed by atoms with Crippen LogP contribution >= 0.6 is 34.2 Å². The minimum absolute atomic E-state index is 0.0516. The normalized spacial score (nSPS) is 10.4. The minimum Gasteiger partial charge on any atom is -0.404 e. The molecule has 1 heterocycles. The molecule has 72 valence electrons. The molecule has 0 saturated carbocycles. The van der Waals surface area contributed by atoms with Gasteiger partial charge >= 0.3 is 6.01 Å². The summed E-state index contributed by atoms with van der Waals surface area (Å²) in [6.07, 6.45) is 0. The van der Waals surface area contributed by atoms with E-state index in [9.17, 15) is 0 Å². The molecule has 1 aromatic heterocycles. The van der Waals surface area contributed by atoms with E-state index in [-0.39, 0.29) is 6.01 Å². The number of nitrogen functional groups attached to an aromatic ring is 1. The van der Waals surface area contributed by atoms with Crippen molar-refractivity contribution in [2.75, 3.05) is 5.73 Å². The smallest absolute Gasteiger partial charge is 0.313 e. The third-order valence-electron chi connectivity index (χ3n) is 1.60. The molecule has 0 amide bonds. The topological polar surface area (TPSA) is 64.9 Å². The van der Waals surface area contributed by atoms with Crippen molar-refractivity contribution in [3.05, 3.63) is 26.8 Å². The minimum atomic E-state index is 0.0516. The average molecular weight is 322 g/mol. The molecule has 14 heavy (non-hydrogen) atoms. The number of rotatable bonds is 1. The Hall–Kier alpha value is -0.820. The van der Waals surface area contributed by atoms with E-state index in [0.29, 0.717) is 10.9 Å². The summed E-state index contributed by atoms with van der Waals surface area (Å²) in [6.45, 7) is 0. The fraction of sp³-hybridized carbons (Fsp3) is 0. The summed E-state index contributed by atoms with van der Waals surface area (Å²) in [6, 6.07) is 5.48. The third kappa shape index (κ3) is 1.83. The van der Waals surface area contributed by atoms with E-state index in [1.54, 1.807) is 12.1 Å². The van der Waals surface area contributed by atoms with E-state index in [2.05, 4.69) is 32.8 Å². The molecular weight excluding hydrogens is 316 g/mol. The van der Waals surface area contributed by atoms with Crippen LogP contribution in [0.3, 0.4) is 0 Å². The number of halogens is 2.